The molecule has 2 aromatic rings. The largest absolute Gasteiger partial charge is 0.444 e. The van der Waals surface area contributed by atoms with Crippen LogP contribution in [-0.2, 0) is 14.3 Å². The number of anilines is 1. The number of amides is 3. The van der Waals surface area contributed by atoms with Crippen LogP contribution in [-0.4, -0.2) is 40.5 Å². The van der Waals surface area contributed by atoms with Gasteiger partial charge in [0.2, 0.25) is 5.91 Å². The maximum atomic E-state index is 14.1. The normalized spacial score (nSPS) is 13.8. The smallest absolute Gasteiger partial charge is 0.408 e. The molecule has 7 heteroatoms. The number of rotatable bonds is 10. The molecule has 3 atom stereocenters. The van der Waals surface area contributed by atoms with Crippen molar-refractivity contribution in [2.24, 2.45) is 5.92 Å². The number of ether oxygens (including phenoxy) is 1. The molecule has 2 aromatic carbocycles. The first-order chi connectivity index (χ1) is 18.1. The van der Waals surface area contributed by atoms with Gasteiger partial charge in [0.05, 0.1) is 0 Å². The monoisotopic (exact) mass is 537 g/mol. The van der Waals surface area contributed by atoms with Crippen LogP contribution >= 0.6 is 0 Å². The van der Waals surface area contributed by atoms with Gasteiger partial charge in [0, 0.05) is 11.7 Å². The second-order valence-corrected chi connectivity index (χ2v) is 12.0. The Morgan fingerprint density at radius 1 is 0.897 bits per heavy atom. The van der Waals surface area contributed by atoms with Crippen LogP contribution in [0.2, 0.25) is 0 Å². The zero-order valence-corrected chi connectivity index (χ0v) is 25.3. The van der Waals surface area contributed by atoms with Crippen molar-refractivity contribution >= 4 is 23.6 Å². The highest BCUT2D eigenvalue weighted by molar-refractivity contribution is 5.99. The third kappa shape index (κ3) is 9.41. The summed E-state index contributed by atoms with van der Waals surface area (Å²) in [5.74, 6) is -0.213. The van der Waals surface area contributed by atoms with E-state index in [2.05, 4.69) is 24.5 Å². The first-order valence-corrected chi connectivity index (χ1v) is 13.9. The molecule has 0 aliphatic heterocycles. The van der Waals surface area contributed by atoms with Crippen molar-refractivity contribution in [2.75, 3.05) is 5.32 Å². The molecule has 2 N–H and O–H groups in total. The number of nitrogens with zero attached hydrogens (tertiary/aromatic N) is 1. The number of hydrogen-bond donors (Lipinski definition) is 2. The third-order valence-corrected chi connectivity index (χ3v) is 6.64. The van der Waals surface area contributed by atoms with Gasteiger partial charge in [0.25, 0.3) is 5.91 Å². The summed E-state index contributed by atoms with van der Waals surface area (Å²) in [6, 6.07) is 11.4. The Kier molecular flexibility index (Phi) is 11.1. The van der Waals surface area contributed by atoms with Gasteiger partial charge < -0.3 is 20.3 Å². The van der Waals surface area contributed by atoms with Crippen LogP contribution in [0.5, 0.6) is 0 Å². The van der Waals surface area contributed by atoms with E-state index >= 15 is 0 Å². The second kappa shape index (κ2) is 13.6. The van der Waals surface area contributed by atoms with Gasteiger partial charge in [-0.3, -0.25) is 9.59 Å². The molecule has 3 amide bonds. The van der Waals surface area contributed by atoms with Gasteiger partial charge in [-0.1, -0.05) is 55.8 Å². The van der Waals surface area contributed by atoms with Crippen LogP contribution in [0.1, 0.15) is 89.6 Å². The SMILES string of the molecule is Cc1ccc(C(C(=O)Nc2ccccc2C)N(C(=O)C(C)NC(=O)OC(C)(C)C)C(C)CCC(C)C)c(C)c1. The van der Waals surface area contributed by atoms with E-state index in [1.165, 1.54) is 0 Å². The average molecular weight is 538 g/mol. The summed E-state index contributed by atoms with van der Waals surface area (Å²) in [6.45, 7) is 19.1. The molecule has 0 saturated carbocycles. The molecule has 0 aromatic heterocycles. The van der Waals surface area contributed by atoms with Gasteiger partial charge in [-0.15, -0.1) is 0 Å². The van der Waals surface area contributed by atoms with Gasteiger partial charge in [-0.2, -0.15) is 0 Å². The van der Waals surface area contributed by atoms with E-state index in [0.29, 0.717) is 18.0 Å². The Bertz CT molecular complexity index is 1150. The lowest BCUT2D eigenvalue weighted by Gasteiger charge is -2.39. The topological polar surface area (TPSA) is 87.7 Å². The lowest BCUT2D eigenvalue weighted by molar-refractivity contribution is -0.143. The molecule has 0 aliphatic rings. The van der Waals surface area contributed by atoms with Crippen LogP contribution < -0.4 is 10.6 Å². The van der Waals surface area contributed by atoms with Gasteiger partial charge >= 0.3 is 6.09 Å². The molecule has 0 fully saturated rings. The van der Waals surface area contributed by atoms with Gasteiger partial charge in [0.15, 0.2) is 0 Å². The molecule has 0 heterocycles. The van der Waals surface area contributed by atoms with Crippen LogP contribution in [0.4, 0.5) is 10.5 Å². The second-order valence-electron chi connectivity index (χ2n) is 12.0. The lowest BCUT2D eigenvalue weighted by Crippen LogP contribution is -2.54. The molecule has 2 rings (SSSR count). The summed E-state index contributed by atoms with van der Waals surface area (Å²) in [4.78, 5) is 42.4. The summed E-state index contributed by atoms with van der Waals surface area (Å²) in [5, 5.41) is 5.75. The van der Waals surface area contributed by atoms with Crippen LogP contribution in [0.3, 0.4) is 0 Å². The fourth-order valence-electron chi connectivity index (χ4n) is 4.55. The van der Waals surface area contributed by atoms with Crippen molar-refractivity contribution in [1.29, 1.82) is 0 Å². The molecule has 3 unspecified atom stereocenters. The number of benzene rings is 2. The number of carbonyl (C=O) groups is 3. The van der Waals surface area contributed by atoms with Crippen molar-refractivity contribution < 1.29 is 19.1 Å². The predicted molar refractivity (Wildman–Crippen MR) is 158 cm³/mol. The van der Waals surface area contributed by atoms with E-state index in [1.54, 1.807) is 32.6 Å². The lowest BCUT2D eigenvalue weighted by atomic mass is 9.93. The number of para-hydroxylation sites is 1. The maximum Gasteiger partial charge on any atom is 0.408 e. The summed E-state index contributed by atoms with van der Waals surface area (Å²) in [5.41, 5.74) is 3.66. The van der Waals surface area contributed by atoms with E-state index < -0.39 is 23.8 Å². The van der Waals surface area contributed by atoms with Crippen molar-refractivity contribution in [3.63, 3.8) is 0 Å². The summed E-state index contributed by atoms with van der Waals surface area (Å²) in [7, 11) is 0. The molecule has 0 radical (unpaired) electrons. The molecule has 0 bridgehead atoms. The van der Waals surface area contributed by atoms with E-state index in [9.17, 15) is 14.4 Å². The molecule has 214 valence electrons. The van der Waals surface area contributed by atoms with E-state index in [0.717, 1.165) is 28.7 Å². The minimum atomic E-state index is -0.902. The number of nitrogens with one attached hydrogen (secondary N) is 2. The minimum Gasteiger partial charge on any atom is -0.444 e. The molecule has 0 aliphatic carbocycles. The number of alkyl carbamates (subject to hydrolysis) is 1. The number of hydrogen-bond acceptors (Lipinski definition) is 4. The zero-order valence-electron chi connectivity index (χ0n) is 25.3. The Labute approximate surface area is 234 Å². The van der Waals surface area contributed by atoms with E-state index in [4.69, 9.17) is 4.74 Å². The highest BCUT2D eigenvalue weighted by Gasteiger charge is 2.38. The van der Waals surface area contributed by atoms with Crippen molar-refractivity contribution in [2.45, 2.75) is 106 Å². The maximum absolute atomic E-state index is 14.1. The Balaban J connectivity index is 2.58. The molecular formula is C32H47N3O4. The Morgan fingerprint density at radius 2 is 1.54 bits per heavy atom. The highest BCUT2D eigenvalue weighted by Crippen LogP contribution is 2.31. The molecule has 7 nitrogen and oxygen atoms in total. The number of carbonyl (C=O) groups excluding carboxylic acids is 3. The van der Waals surface area contributed by atoms with Crippen LogP contribution in [0.25, 0.3) is 0 Å². The van der Waals surface area contributed by atoms with Crippen LogP contribution in [0, 0.1) is 26.7 Å². The highest BCUT2D eigenvalue weighted by atomic mass is 16.6. The number of aryl methyl sites for hydroxylation is 3. The minimum absolute atomic E-state index is 0.267. The molecular weight excluding hydrogens is 490 g/mol. The van der Waals surface area contributed by atoms with E-state index in [-0.39, 0.29) is 17.9 Å². The summed E-state index contributed by atoms with van der Waals surface area (Å²) < 4.78 is 5.39. The fourth-order valence-corrected chi connectivity index (χ4v) is 4.55. The summed E-state index contributed by atoms with van der Waals surface area (Å²) >= 11 is 0. The first kappa shape index (κ1) is 31.9. The van der Waals surface area contributed by atoms with Crippen LogP contribution in [0.15, 0.2) is 42.5 Å². The molecule has 39 heavy (non-hydrogen) atoms. The first-order valence-electron chi connectivity index (χ1n) is 13.9. The van der Waals surface area contributed by atoms with Crippen molar-refractivity contribution in [3.05, 3.63) is 64.7 Å². The van der Waals surface area contributed by atoms with Crippen molar-refractivity contribution in [1.82, 2.24) is 10.2 Å². The van der Waals surface area contributed by atoms with E-state index in [1.807, 2.05) is 70.2 Å². The van der Waals surface area contributed by atoms with Gasteiger partial charge in [0.1, 0.15) is 17.7 Å². The van der Waals surface area contributed by atoms with Gasteiger partial charge in [-0.05, 0) is 96.9 Å². The Hall–Kier alpha value is -3.35. The fraction of sp³-hybridized carbons (Fsp3) is 0.531. The zero-order chi connectivity index (χ0) is 29.5. The molecule has 0 saturated heterocycles. The average Bonchev–Trinajstić information content (AvgIpc) is 2.81. The summed E-state index contributed by atoms with van der Waals surface area (Å²) in [6.07, 6.45) is 0.921. The quantitative estimate of drug-likeness (QED) is 0.347. The van der Waals surface area contributed by atoms with Crippen molar-refractivity contribution in [3.8, 4) is 0 Å². The molecule has 0 spiro atoms. The standard InChI is InChI=1S/C32H47N3O4/c1-20(2)15-17-24(6)35(30(37)25(7)33-31(38)39-32(8,9)10)28(26-18-16-21(3)19-23(26)5)29(36)34-27-14-12-11-13-22(27)4/h11-14,16,18-20,24-25,28H,15,17H2,1-10H3,(H,33,38)(H,34,36). The third-order valence-electron chi connectivity index (χ3n) is 6.64. The predicted octanol–water partition coefficient (Wildman–Crippen LogP) is 6.86. The Morgan fingerprint density at radius 3 is 2.10 bits per heavy atom. The van der Waals surface area contributed by atoms with Gasteiger partial charge in [-0.25, -0.2) is 4.79 Å².